The van der Waals surface area contributed by atoms with Crippen molar-refractivity contribution in [3.8, 4) is 0 Å². The molecule has 1 aromatic rings. The molecule has 2 heterocycles. The summed E-state index contributed by atoms with van der Waals surface area (Å²) in [6, 6.07) is -0.556. The topological polar surface area (TPSA) is 75.4 Å². The Morgan fingerprint density at radius 1 is 1.42 bits per heavy atom. The molecule has 6 nitrogen and oxygen atoms in total. The number of alkyl halides is 2. The van der Waals surface area contributed by atoms with E-state index in [1.165, 1.54) is 10.9 Å². The first kappa shape index (κ1) is 17.0. The molecule has 1 N–H and O–H groups in total. The molecular formula is C16H21F2N3O3. The van der Waals surface area contributed by atoms with Crippen LogP contribution >= 0.6 is 0 Å². The average Bonchev–Trinajstić information content (AvgIpc) is 3.12. The number of hydrogen-bond acceptors (Lipinski definition) is 4. The van der Waals surface area contributed by atoms with Crippen LogP contribution in [0.4, 0.5) is 8.78 Å². The molecule has 24 heavy (non-hydrogen) atoms. The molecule has 8 heteroatoms. The molecule has 1 aliphatic carbocycles. The third-order valence-electron chi connectivity index (χ3n) is 5.12. The molecule has 3 rings (SSSR count). The molecule has 1 aliphatic heterocycles. The van der Waals surface area contributed by atoms with Crippen molar-refractivity contribution in [1.82, 2.24) is 14.7 Å². The van der Waals surface area contributed by atoms with E-state index in [9.17, 15) is 23.5 Å². The number of carbonyl (C=O) groups excluding carboxylic acids is 2. The number of nitrogens with zero attached hydrogens (tertiary/aromatic N) is 3. The van der Waals surface area contributed by atoms with Gasteiger partial charge in [-0.15, -0.1) is 0 Å². The van der Waals surface area contributed by atoms with Crippen molar-refractivity contribution < 1.29 is 23.5 Å². The average molecular weight is 341 g/mol. The van der Waals surface area contributed by atoms with Gasteiger partial charge in [-0.2, -0.15) is 13.9 Å². The van der Waals surface area contributed by atoms with Gasteiger partial charge in [0, 0.05) is 32.3 Å². The van der Waals surface area contributed by atoms with E-state index in [4.69, 9.17) is 0 Å². The smallest absolute Gasteiger partial charge is 0.352 e. The van der Waals surface area contributed by atoms with Gasteiger partial charge in [0.15, 0.2) is 5.78 Å². The number of ketones is 1. The molecule has 1 amide bonds. The highest BCUT2D eigenvalue weighted by Crippen LogP contribution is 2.45. The van der Waals surface area contributed by atoms with E-state index < -0.39 is 23.5 Å². The number of rotatable bonds is 5. The van der Waals surface area contributed by atoms with Crippen molar-refractivity contribution in [2.75, 3.05) is 6.54 Å². The minimum Gasteiger partial charge on any atom is -0.383 e. The summed E-state index contributed by atoms with van der Waals surface area (Å²) >= 11 is 0. The zero-order valence-corrected chi connectivity index (χ0v) is 13.5. The molecule has 1 saturated carbocycles. The zero-order chi connectivity index (χ0) is 17.5. The van der Waals surface area contributed by atoms with E-state index in [-0.39, 0.29) is 31.6 Å². The Hall–Kier alpha value is -1.83. The molecule has 0 radical (unpaired) electrons. The number of hydrogen-bond donors (Lipinski definition) is 1. The van der Waals surface area contributed by atoms with Gasteiger partial charge in [-0.1, -0.05) is 0 Å². The van der Waals surface area contributed by atoms with E-state index in [0.717, 1.165) is 4.90 Å². The fourth-order valence-corrected chi connectivity index (χ4v) is 3.42. The fraction of sp³-hybridized carbons (Fsp3) is 0.688. The highest BCUT2D eigenvalue weighted by Gasteiger charge is 2.63. The Kier molecular flexibility index (Phi) is 4.19. The lowest BCUT2D eigenvalue weighted by Crippen LogP contribution is -2.62. The number of amides is 1. The van der Waals surface area contributed by atoms with Crippen molar-refractivity contribution in [2.45, 2.75) is 56.1 Å². The summed E-state index contributed by atoms with van der Waals surface area (Å²) in [5.41, 5.74) is -1.83. The van der Waals surface area contributed by atoms with Crippen LogP contribution in [0.25, 0.3) is 0 Å². The minimum absolute atomic E-state index is 0.00799. The number of aryl methyl sites for hydroxylation is 1. The molecule has 1 atom stereocenters. The maximum atomic E-state index is 14.4. The van der Waals surface area contributed by atoms with Crippen LogP contribution in [0.3, 0.4) is 0 Å². The Bertz CT molecular complexity index is 655. The van der Waals surface area contributed by atoms with Gasteiger partial charge in [-0.3, -0.25) is 14.3 Å². The number of aliphatic hydroxyl groups is 1. The second-order valence-electron chi connectivity index (χ2n) is 6.78. The van der Waals surface area contributed by atoms with Crippen LogP contribution in [-0.2, 0) is 11.8 Å². The highest BCUT2D eigenvalue weighted by molar-refractivity contribution is 5.96. The van der Waals surface area contributed by atoms with Crippen LogP contribution in [0.2, 0.25) is 0 Å². The van der Waals surface area contributed by atoms with Crippen molar-refractivity contribution >= 4 is 11.7 Å². The lowest BCUT2D eigenvalue weighted by atomic mass is 9.75. The lowest BCUT2D eigenvalue weighted by molar-refractivity contribution is -0.223. The normalized spacial score (nSPS) is 23.2. The second kappa shape index (κ2) is 5.91. The summed E-state index contributed by atoms with van der Waals surface area (Å²) in [5, 5.41) is 13.9. The standard InChI is InChI=1S/C16H21F2N3O3/c1-20-10-11(9-19-20)13(22)8-12-4-2-7-21(12)14(23)16(17,18)15(24)5-3-6-15/h9-10,12,24H,2-8H2,1H3. The van der Waals surface area contributed by atoms with Gasteiger partial charge in [-0.25, -0.2) is 0 Å². The molecule has 1 unspecified atom stereocenters. The van der Waals surface area contributed by atoms with Crippen molar-refractivity contribution in [3.05, 3.63) is 18.0 Å². The third-order valence-corrected chi connectivity index (χ3v) is 5.12. The molecule has 0 aromatic carbocycles. The number of halogens is 2. The molecular weight excluding hydrogens is 320 g/mol. The summed E-state index contributed by atoms with van der Waals surface area (Å²) in [7, 11) is 1.68. The van der Waals surface area contributed by atoms with Crippen LogP contribution < -0.4 is 0 Å². The summed E-state index contributed by atoms with van der Waals surface area (Å²) < 4.78 is 30.3. The summed E-state index contributed by atoms with van der Waals surface area (Å²) in [6.45, 7) is 0.190. The zero-order valence-electron chi connectivity index (χ0n) is 13.5. The summed E-state index contributed by atoms with van der Waals surface area (Å²) in [4.78, 5) is 25.7. The van der Waals surface area contributed by atoms with Crippen LogP contribution in [0.1, 0.15) is 48.9 Å². The Morgan fingerprint density at radius 2 is 2.12 bits per heavy atom. The largest absolute Gasteiger partial charge is 0.383 e. The minimum atomic E-state index is -3.80. The first-order valence-corrected chi connectivity index (χ1v) is 8.18. The third kappa shape index (κ3) is 2.72. The first-order chi connectivity index (χ1) is 11.2. The monoisotopic (exact) mass is 341 g/mol. The van der Waals surface area contributed by atoms with Crippen LogP contribution in [0.5, 0.6) is 0 Å². The van der Waals surface area contributed by atoms with E-state index in [1.807, 2.05) is 0 Å². The maximum absolute atomic E-state index is 14.4. The molecule has 2 aliphatic rings. The Labute approximate surface area is 138 Å². The number of aromatic nitrogens is 2. The van der Waals surface area contributed by atoms with E-state index in [0.29, 0.717) is 24.8 Å². The molecule has 1 aromatic heterocycles. The predicted molar refractivity (Wildman–Crippen MR) is 80.6 cm³/mol. The molecule has 132 valence electrons. The van der Waals surface area contributed by atoms with Gasteiger partial charge in [-0.05, 0) is 32.1 Å². The van der Waals surface area contributed by atoms with Gasteiger partial charge in [0.2, 0.25) is 0 Å². The number of likely N-dealkylation sites (tertiary alicyclic amines) is 1. The number of Topliss-reactive ketones (excluding diaryl/α,β-unsaturated/α-hetero) is 1. The van der Waals surface area contributed by atoms with Crippen molar-refractivity contribution in [2.24, 2.45) is 7.05 Å². The lowest BCUT2D eigenvalue weighted by Gasteiger charge is -2.43. The quantitative estimate of drug-likeness (QED) is 0.824. The van der Waals surface area contributed by atoms with E-state index in [2.05, 4.69) is 5.10 Å². The van der Waals surface area contributed by atoms with E-state index in [1.54, 1.807) is 13.2 Å². The molecule has 2 fully saturated rings. The molecule has 1 saturated heterocycles. The van der Waals surface area contributed by atoms with E-state index >= 15 is 0 Å². The van der Waals surface area contributed by atoms with Crippen LogP contribution in [0, 0.1) is 0 Å². The first-order valence-electron chi connectivity index (χ1n) is 8.18. The Morgan fingerprint density at radius 3 is 2.67 bits per heavy atom. The predicted octanol–water partition coefficient (Wildman–Crippen LogP) is 1.53. The summed E-state index contributed by atoms with van der Waals surface area (Å²) in [5.74, 6) is -5.38. The second-order valence-corrected chi connectivity index (χ2v) is 6.78. The fourth-order valence-electron chi connectivity index (χ4n) is 3.42. The van der Waals surface area contributed by atoms with Crippen LogP contribution in [0.15, 0.2) is 12.4 Å². The van der Waals surface area contributed by atoms with Gasteiger partial charge < -0.3 is 10.0 Å². The maximum Gasteiger partial charge on any atom is 0.352 e. The van der Waals surface area contributed by atoms with Gasteiger partial charge in [0.25, 0.3) is 5.91 Å². The van der Waals surface area contributed by atoms with Crippen molar-refractivity contribution in [3.63, 3.8) is 0 Å². The molecule has 0 bridgehead atoms. The highest BCUT2D eigenvalue weighted by atomic mass is 19.3. The van der Waals surface area contributed by atoms with Gasteiger partial charge in [0.1, 0.15) is 5.60 Å². The molecule has 0 spiro atoms. The van der Waals surface area contributed by atoms with Crippen LogP contribution in [-0.4, -0.2) is 55.6 Å². The van der Waals surface area contributed by atoms with Crippen molar-refractivity contribution in [1.29, 1.82) is 0 Å². The SMILES string of the molecule is Cn1cc(C(=O)CC2CCCN2C(=O)C(F)(F)C2(O)CCC2)cn1. The summed E-state index contributed by atoms with van der Waals surface area (Å²) in [6.07, 6.45) is 4.41. The Balaban J connectivity index is 1.71. The number of carbonyl (C=O) groups is 2. The van der Waals surface area contributed by atoms with Gasteiger partial charge >= 0.3 is 5.92 Å². The van der Waals surface area contributed by atoms with Gasteiger partial charge in [0.05, 0.1) is 11.8 Å².